The van der Waals surface area contributed by atoms with E-state index in [9.17, 15) is 19.7 Å². The number of amides is 2. The van der Waals surface area contributed by atoms with Gasteiger partial charge >= 0.3 is 0 Å². The fourth-order valence-electron chi connectivity index (χ4n) is 3.25. The molecule has 1 aromatic carbocycles. The van der Waals surface area contributed by atoms with Crippen LogP contribution < -0.4 is 5.32 Å². The molecule has 0 bridgehead atoms. The van der Waals surface area contributed by atoms with Gasteiger partial charge in [0.2, 0.25) is 5.91 Å². The van der Waals surface area contributed by atoms with Crippen LogP contribution in [0.5, 0.6) is 0 Å². The molecule has 2 aromatic rings. The van der Waals surface area contributed by atoms with E-state index in [0.717, 1.165) is 4.47 Å². The Hall–Kier alpha value is -2.81. The quantitative estimate of drug-likeness (QED) is 0.570. The topological polar surface area (TPSA) is 105 Å². The van der Waals surface area contributed by atoms with Crippen LogP contribution in [0.4, 0.5) is 11.5 Å². The summed E-state index contributed by atoms with van der Waals surface area (Å²) in [5.74, 6) is -0.0808. The van der Waals surface area contributed by atoms with Gasteiger partial charge in [-0.25, -0.2) is 4.98 Å². The van der Waals surface area contributed by atoms with Crippen LogP contribution in [0.25, 0.3) is 0 Å². The van der Waals surface area contributed by atoms with Crippen molar-refractivity contribution in [2.24, 2.45) is 5.92 Å². The van der Waals surface area contributed by atoms with E-state index in [4.69, 9.17) is 0 Å². The first-order chi connectivity index (χ1) is 13.4. The Labute approximate surface area is 170 Å². The number of hydrogen-bond acceptors (Lipinski definition) is 5. The van der Waals surface area contributed by atoms with Crippen molar-refractivity contribution in [1.29, 1.82) is 0 Å². The molecule has 2 heterocycles. The lowest BCUT2D eigenvalue weighted by molar-refractivity contribution is -0.385. The number of nitrogens with zero attached hydrogens (tertiary/aromatic N) is 3. The molecular formula is C19H19BrN4O4. The largest absolute Gasteiger partial charge is 0.339 e. The highest BCUT2D eigenvalue weighted by Crippen LogP contribution is 2.25. The van der Waals surface area contributed by atoms with Crippen molar-refractivity contribution in [2.75, 3.05) is 18.4 Å². The maximum Gasteiger partial charge on any atom is 0.273 e. The Morgan fingerprint density at radius 1 is 1.25 bits per heavy atom. The maximum absolute atomic E-state index is 12.8. The number of nitrogens with one attached hydrogen (secondary N) is 1. The van der Waals surface area contributed by atoms with E-state index in [-0.39, 0.29) is 23.4 Å². The molecule has 0 saturated carbocycles. The minimum atomic E-state index is -0.487. The van der Waals surface area contributed by atoms with Crippen molar-refractivity contribution < 1.29 is 14.5 Å². The predicted molar refractivity (Wildman–Crippen MR) is 107 cm³/mol. The molecule has 28 heavy (non-hydrogen) atoms. The molecule has 0 radical (unpaired) electrons. The number of piperidine rings is 1. The fourth-order valence-corrected chi connectivity index (χ4v) is 3.48. The molecule has 0 unspecified atom stereocenters. The van der Waals surface area contributed by atoms with E-state index in [0.29, 0.717) is 42.9 Å². The van der Waals surface area contributed by atoms with E-state index in [1.54, 1.807) is 36.2 Å². The van der Waals surface area contributed by atoms with Crippen LogP contribution in [0.3, 0.4) is 0 Å². The summed E-state index contributed by atoms with van der Waals surface area (Å²) in [6, 6.07) is 8.02. The SMILES string of the molecule is Cc1c(C(=O)N2CCC(C(=O)Nc3ccc(Br)cn3)CC2)cccc1[N+](=O)[O-]. The normalized spacial score (nSPS) is 14.6. The number of benzene rings is 1. The second-order valence-corrected chi connectivity index (χ2v) is 7.54. The average Bonchev–Trinajstić information content (AvgIpc) is 2.69. The first-order valence-electron chi connectivity index (χ1n) is 8.82. The Balaban J connectivity index is 1.61. The Morgan fingerprint density at radius 3 is 2.57 bits per heavy atom. The summed E-state index contributed by atoms with van der Waals surface area (Å²) >= 11 is 3.29. The van der Waals surface area contributed by atoms with Gasteiger partial charge in [-0.1, -0.05) is 6.07 Å². The Bertz CT molecular complexity index is 909. The number of hydrogen-bond donors (Lipinski definition) is 1. The summed E-state index contributed by atoms with van der Waals surface area (Å²) in [4.78, 5) is 41.6. The van der Waals surface area contributed by atoms with Crippen molar-refractivity contribution in [1.82, 2.24) is 9.88 Å². The van der Waals surface area contributed by atoms with Gasteiger partial charge in [0.1, 0.15) is 5.82 Å². The summed E-state index contributed by atoms with van der Waals surface area (Å²) in [6.45, 7) is 2.43. The molecule has 146 valence electrons. The van der Waals surface area contributed by atoms with Crippen LogP contribution in [0.2, 0.25) is 0 Å². The summed E-state index contributed by atoms with van der Waals surface area (Å²) in [5.41, 5.74) is 0.622. The molecule has 1 saturated heterocycles. The standard InChI is InChI=1S/C19H19BrN4O4/c1-12-15(3-2-4-16(12)24(27)28)19(26)23-9-7-13(8-10-23)18(25)22-17-6-5-14(20)11-21-17/h2-6,11,13H,7-10H2,1H3,(H,21,22,25). The smallest absolute Gasteiger partial charge is 0.273 e. The van der Waals surface area contributed by atoms with E-state index in [1.165, 1.54) is 12.1 Å². The number of carbonyl (C=O) groups excluding carboxylic acids is 2. The number of nitro benzene ring substituents is 1. The first-order valence-corrected chi connectivity index (χ1v) is 9.62. The van der Waals surface area contributed by atoms with Gasteiger partial charge in [0.15, 0.2) is 0 Å². The zero-order chi connectivity index (χ0) is 20.3. The number of nitro groups is 1. The number of carbonyl (C=O) groups is 2. The number of aromatic nitrogens is 1. The molecule has 1 aromatic heterocycles. The lowest BCUT2D eigenvalue weighted by Gasteiger charge is -2.31. The van der Waals surface area contributed by atoms with Crippen LogP contribution in [-0.4, -0.2) is 39.7 Å². The van der Waals surface area contributed by atoms with Gasteiger partial charge in [0, 0.05) is 46.9 Å². The van der Waals surface area contributed by atoms with Crippen LogP contribution in [0.15, 0.2) is 41.0 Å². The van der Waals surface area contributed by atoms with Crippen LogP contribution in [0, 0.1) is 23.0 Å². The zero-order valence-electron chi connectivity index (χ0n) is 15.2. The molecule has 1 N–H and O–H groups in total. The predicted octanol–water partition coefficient (Wildman–Crippen LogP) is 3.55. The van der Waals surface area contributed by atoms with E-state index in [2.05, 4.69) is 26.2 Å². The van der Waals surface area contributed by atoms with Gasteiger partial charge in [-0.05, 0) is 53.9 Å². The van der Waals surface area contributed by atoms with Gasteiger partial charge in [-0.3, -0.25) is 19.7 Å². The summed E-state index contributed by atoms with van der Waals surface area (Å²) in [7, 11) is 0. The molecular weight excluding hydrogens is 428 g/mol. The lowest BCUT2D eigenvalue weighted by Crippen LogP contribution is -2.41. The minimum Gasteiger partial charge on any atom is -0.339 e. The molecule has 0 aliphatic carbocycles. The fraction of sp³-hybridized carbons (Fsp3) is 0.316. The van der Waals surface area contributed by atoms with Crippen LogP contribution in [-0.2, 0) is 4.79 Å². The van der Waals surface area contributed by atoms with Crippen molar-refractivity contribution in [3.8, 4) is 0 Å². The minimum absolute atomic E-state index is 0.0675. The zero-order valence-corrected chi connectivity index (χ0v) is 16.8. The van der Waals surface area contributed by atoms with Crippen molar-refractivity contribution in [2.45, 2.75) is 19.8 Å². The summed E-state index contributed by atoms with van der Waals surface area (Å²) < 4.78 is 0.828. The van der Waals surface area contributed by atoms with E-state index in [1.807, 2.05) is 0 Å². The van der Waals surface area contributed by atoms with Gasteiger partial charge in [-0.15, -0.1) is 0 Å². The molecule has 0 atom stereocenters. The summed E-state index contributed by atoms with van der Waals surface area (Å²) in [5, 5.41) is 13.9. The maximum atomic E-state index is 12.8. The van der Waals surface area contributed by atoms with Crippen molar-refractivity contribution >= 4 is 39.2 Å². The Morgan fingerprint density at radius 2 is 1.96 bits per heavy atom. The van der Waals surface area contributed by atoms with Crippen LogP contribution in [0.1, 0.15) is 28.8 Å². The van der Waals surface area contributed by atoms with Crippen LogP contribution >= 0.6 is 15.9 Å². The molecule has 2 amide bonds. The molecule has 1 fully saturated rings. The third-order valence-electron chi connectivity index (χ3n) is 4.86. The van der Waals surface area contributed by atoms with Gasteiger partial charge in [-0.2, -0.15) is 0 Å². The second-order valence-electron chi connectivity index (χ2n) is 6.62. The van der Waals surface area contributed by atoms with E-state index >= 15 is 0 Å². The lowest BCUT2D eigenvalue weighted by atomic mass is 9.95. The number of halogens is 1. The Kier molecular flexibility index (Phi) is 6.03. The molecule has 0 spiro atoms. The van der Waals surface area contributed by atoms with E-state index < -0.39 is 4.92 Å². The molecule has 8 nitrogen and oxygen atoms in total. The van der Waals surface area contributed by atoms with Crippen molar-refractivity contribution in [3.05, 3.63) is 62.2 Å². The van der Waals surface area contributed by atoms with Crippen molar-refractivity contribution in [3.63, 3.8) is 0 Å². The highest BCUT2D eigenvalue weighted by Gasteiger charge is 2.29. The number of likely N-dealkylation sites (tertiary alicyclic amines) is 1. The monoisotopic (exact) mass is 446 g/mol. The molecule has 1 aliphatic heterocycles. The highest BCUT2D eigenvalue weighted by molar-refractivity contribution is 9.10. The number of pyridine rings is 1. The highest BCUT2D eigenvalue weighted by atomic mass is 79.9. The third kappa shape index (κ3) is 4.36. The second kappa shape index (κ2) is 8.47. The molecule has 9 heteroatoms. The van der Waals surface area contributed by atoms with Gasteiger partial charge in [0.05, 0.1) is 4.92 Å². The first kappa shape index (κ1) is 19.9. The van der Waals surface area contributed by atoms with Gasteiger partial charge in [0.25, 0.3) is 11.6 Å². The third-order valence-corrected chi connectivity index (χ3v) is 5.33. The number of rotatable bonds is 4. The summed E-state index contributed by atoms with van der Waals surface area (Å²) in [6.07, 6.45) is 2.67. The molecule has 1 aliphatic rings. The number of anilines is 1. The van der Waals surface area contributed by atoms with Gasteiger partial charge < -0.3 is 10.2 Å². The average molecular weight is 447 g/mol. The molecule has 3 rings (SSSR count).